The van der Waals surface area contributed by atoms with E-state index in [0.717, 1.165) is 24.5 Å². The van der Waals surface area contributed by atoms with Gasteiger partial charge in [-0.1, -0.05) is 38.3 Å². The van der Waals surface area contributed by atoms with Crippen molar-refractivity contribution in [1.29, 1.82) is 0 Å². The highest BCUT2D eigenvalue weighted by atomic mass is 35.5. The van der Waals surface area contributed by atoms with Gasteiger partial charge in [0.2, 0.25) is 0 Å². The summed E-state index contributed by atoms with van der Waals surface area (Å²) >= 11 is 6.26. The molecule has 1 aliphatic heterocycles. The van der Waals surface area contributed by atoms with Crippen LogP contribution in [0.2, 0.25) is 5.15 Å². The Hall–Kier alpha value is -1.36. The van der Waals surface area contributed by atoms with Crippen molar-refractivity contribution >= 4 is 23.2 Å². The fourth-order valence-electron chi connectivity index (χ4n) is 3.40. The van der Waals surface area contributed by atoms with Crippen LogP contribution in [0.5, 0.6) is 0 Å². The normalized spacial score (nSPS) is 18.4. The van der Waals surface area contributed by atoms with Crippen molar-refractivity contribution in [2.24, 2.45) is 5.41 Å². The van der Waals surface area contributed by atoms with Crippen molar-refractivity contribution in [1.82, 2.24) is 19.6 Å². The smallest absolute Gasteiger partial charge is 0.255 e. The minimum Gasteiger partial charge on any atom is -0.356 e. The van der Waals surface area contributed by atoms with Gasteiger partial charge in [0.15, 0.2) is 0 Å². The van der Waals surface area contributed by atoms with Gasteiger partial charge in [-0.05, 0) is 25.2 Å². The molecule has 0 atom stereocenters. The van der Waals surface area contributed by atoms with Gasteiger partial charge in [0.05, 0.1) is 0 Å². The molecule has 6 heteroatoms. The summed E-state index contributed by atoms with van der Waals surface area (Å²) < 4.78 is 1.81. The molecule has 3 rings (SSSR count). The summed E-state index contributed by atoms with van der Waals surface area (Å²) in [5.41, 5.74) is 1.48. The second-order valence-electron chi connectivity index (χ2n) is 6.02. The van der Waals surface area contributed by atoms with Crippen LogP contribution in [-0.4, -0.2) is 32.7 Å². The molecule has 0 radical (unpaired) electrons. The first-order chi connectivity index (χ1) is 10.1. The summed E-state index contributed by atoms with van der Waals surface area (Å²) in [6, 6.07) is 0. The van der Waals surface area contributed by atoms with Crippen LogP contribution in [-0.2, 0) is 0 Å². The molecule has 114 valence electrons. The largest absolute Gasteiger partial charge is 0.356 e. The van der Waals surface area contributed by atoms with E-state index in [9.17, 15) is 0 Å². The summed E-state index contributed by atoms with van der Waals surface area (Å²) in [6.45, 7) is 8.70. The van der Waals surface area contributed by atoms with E-state index in [-0.39, 0.29) is 0 Å². The van der Waals surface area contributed by atoms with Crippen LogP contribution < -0.4 is 4.90 Å². The highest BCUT2D eigenvalue weighted by Crippen LogP contribution is 2.40. The minimum absolute atomic E-state index is 0.503. The number of hydrogen-bond donors (Lipinski definition) is 0. The molecule has 5 nitrogen and oxygen atoms in total. The summed E-state index contributed by atoms with van der Waals surface area (Å²) in [6.07, 6.45) is 6.48. The number of nitrogens with zero attached hydrogens (tertiary/aromatic N) is 5. The zero-order valence-electron chi connectivity index (χ0n) is 12.9. The van der Waals surface area contributed by atoms with E-state index in [1.165, 1.54) is 32.0 Å². The van der Waals surface area contributed by atoms with E-state index in [0.29, 0.717) is 16.3 Å². The number of halogens is 1. The molecule has 0 saturated carbocycles. The lowest BCUT2D eigenvalue weighted by molar-refractivity contribution is 0.199. The Kier molecular flexibility index (Phi) is 3.78. The first-order valence-corrected chi connectivity index (χ1v) is 8.09. The topological polar surface area (TPSA) is 46.3 Å². The number of rotatable bonds is 3. The molecule has 0 bridgehead atoms. The monoisotopic (exact) mass is 307 g/mol. The lowest BCUT2D eigenvalue weighted by Gasteiger charge is -2.42. The van der Waals surface area contributed by atoms with Gasteiger partial charge in [0, 0.05) is 18.7 Å². The lowest BCUT2D eigenvalue weighted by Crippen LogP contribution is -2.41. The molecule has 21 heavy (non-hydrogen) atoms. The van der Waals surface area contributed by atoms with Crippen LogP contribution >= 0.6 is 11.6 Å². The summed E-state index contributed by atoms with van der Waals surface area (Å²) in [4.78, 5) is 10.8. The van der Waals surface area contributed by atoms with Gasteiger partial charge < -0.3 is 4.90 Å². The molecule has 0 N–H and O–H groups in total. The molecule has 2 aromatic rings. The van der Waals surface area contributed by atoms with E-state index in [1.807, 2.05) is 11.4 Å². The predicted octanol–water partition coefficient (Wildman–Crippen LogP) is 3.49. The Morgan fingerprint density at radius 3 is 2.52 bits per heavy atom. The summed E-state index contributed by atoms with van der Waals surface area (Å²) in [5.74, 6) is 1.62. The zero-order valence-corrected chi connectivity index (χ0v) is 13.7. The average molecular weight is 308 g/mol. The average Bonchev–Trinajstić information content (AvgIpc) is 2.96. The number of fused-ring (bicyclic) bond motifs is 1. The Balaban J connectivity index is 1.95. The molecule has 1 aliphatic rings. The van der Waals surface area contributed by atoms with Crippen molar-refractivity contribution in [3.05, 3.63) is 17.0 Å². The van der Waals surface area contributed by atoms with Crippen LogP contribution in [0.3, 0.4) is 0 Å². The number of hydrogen-bond acceptors (Lipinski definition) is 4. The van der Waals surface area contributed by atoms with Crippen LogP contribution in [0.1, 0.15) is 45.1 Å². The molecule has 3 heterocycles. The first-order valence-electron chi connectivity index (χ1n) is 7.71. The first kappa shape index (κ1) is 14.6. The van der Waals surface area contributed by atoms with Crippen LogP contribution in [0.4, 0.5) is 5.82 Å². The van der Waals surface area contributed by atoms with Gasteiger partial charge in [-0.15, -0.1) is 0 Å². The van der Waals surface area contributed by atoms with E-state index in [4.69, 9.17) is 11.6 Å². The van der Waals surface area contributed by atoms with E-state index in [2.05, 4.69) is 33.8 Å². The molecular weight excluding hydrogens is 286 g/mol. The van der Waals surface area contributed by atoms with E-state index in [1.54, 1.807) is 0 Å². The maximum atomic E-state index is 6.26. The number of piperidine rings is 1. The van der Waals surface area contributed by atoms with Gasteiger partial charge in [0.1, 0.15) is 17.3 Å². The maximum absolute atomic E-state index is 6.26. The van der Waals surface area contributed by atoms with Crippen molar-refractivity contribution < 1.29 is 0 Å². The summed E-state index contributed by atoms with van der Waals surface area (Å²) in [7, 11) is 0. The van der Waals surface area contributed by atoms with Crippen molar-refractivity contribution in [3.63, 3.8) is 0 Å². The van der Waals surface area contributed by atoms with E-state index < -0.39 is 0 Å². The summed E-state index contributed by atoms with van der Waals surface area (Å²) in [5, 5.41) is 4.84. The molecule has 1 fully saturated rings. The predicted molar refractivity (Wildman–Crippen MR) is 85.0 cm³/mol. The second kappa shape index (κ2) is 5.44. The fraction of sp³-hybridized carbons (Fsp3) is 0.667. The van der Waals surface area contributed by atoms with Crippen molar-refractivity contribution in [2.75, 3.05) is 18.0 Å². The number of anilines is 1. The fourth-order valence-corrected chi connectivity index (χ4v) is 3.57. The molecule has 0 spiro atoms. The second-order valence-corrected chi connectivity index (χ2v) is 6.38. The van der Waals surface area contributed by atoms with E-state index >= 15 is 0 Å². The standard InChI is InChI=1S/C15H22ClN5/c1-4-15(5-2)6-8-20(9-7-15)13-11(3)12(16)19-14-17-10-18-21(13)14/h10H,4-9H2,1-3H3. The maximum Gasteiger partial charge on any atom is 0.255 e. The molecule has 0 aromatic carbocycles. The van der Waals surface area contributed by atoms with Crippen molar-refractivity contribution in [3.8, 4) is 0 Å². The molecule has 2 aromatic heterocycles. The van der Waals surface area contributed by atoms with Gasteiger partial charge >= 0.3 is 0 Å². The highest BCUT2D eigenvalue weighted by Gasteiger charge is 2.32. The zero-order chi connectivity index (χ0) is 15.0. The minimum atomic E-state index is 0.503. The Bertz CT molecular complexity index is 637. The third-order valence-corrected chi connectivity index (χ3v) is 5.57. The number of aromatic nitrogens is 4. The molecule has 0 aliphatic carbocycles. The Morgan fingerprint density at radius 1 is 1.24 bits per heavy atom. The molecule has 0 amide bonds. The third-order valence-electron chi connectivity index (χ3n) is 5.20. The quantitative estimate of drug-likeness (QED) is 0.814. The molecule has 1 saturated heterocycles. The SMILES string of the molecule is CCC1(CC)CCN(c2c(C)c(Cl)nc3ncnn23)CC1. The van der Waals surface area contributed by atoms with Crippen LogP contribution in [0.25, 0.3) is 5.78 Å². The van der Waals surface area contributed by atoms with Gasteiger partial charge in [-0.2, -0.15) is 19.6 Å². The lowest BCUT2D eigenvalue weighted by atomic mass is 9.74. The Morgan fingerprint density at radius 2 is 1.90 bits per heavy atom. The molecule has 0 unspecified atom stereocenters. The third kappa shape index (κ3) is 2.37. The Labute approximate surface area is 130 Å². The van der Waals surface area contributed by atoms with Crippen LogP contribution in [0, 0.1) is 12.3 Å². The highest BCUT2D eigenvalue weighted by molar-refractivity contribution is 6.30. The molecular formula is C15H22ClN5. The van der Waals surface area contributed by atoms with Crippen LogP contribution in [0.15, 0.2) is 6.33 Å². The van der Waals surface area contributed by atoms with Crippen molar-refractivity contribution in [2.45, 2.75) is 46.5 Å². The van der Waals surface area contributed by atoms with Gasteiger partial charge in [-0.25, -0.2) is 0 Å². The van der Waals surface area contributed by atoms with Gasteiger partial charge in [0.25, 0.3) is 5.78 Å². The van der Waals surface area contributed by atoms with Gasteiger partial charge in [-0.3, -0.25) is 0 Å².